The van der Waals surface area contributed by atoms with Crippen LogP contribution in [0.4, 0.5) is 0 Å². The first kappa shape index (κ1) is 20.0. The van der Waals surface area contributed by atoms with Gasteiger partial charge in [-0.1, -0.05) is 60.7 Å². The third-order valence-corrected chi connectivity index (χ3v) is 4.57. The average Bonchev–Trinajstić information content (AvgIpc) is 3.29. The Balaban J connectivity index is 1.61. The molecule has 1 aromatic heterocycles. The third-order valence-electron chi connectivity index (χ3n) is 4.57. The maximum absolute atomic E-state index is 12.6. The molecule has 0 aliphatic carbocycles. The Morgan fingerprint density at radius 2 is 1.52 bits per heavy atom. The standard InChI is InChI=1S/C24H19N3O4/c1-30-20-14-12-19(13-15-20)27-23(18-10-6-3-7-11-18)25-22(26-27)24(29)31-16-21(28)17-8-4-2-5-9-17/h2-15H,16H2,1H3. The van der Waals surface area contributed by atoms with E-state index in [-0.39, 0.29) is 18.2 Å². The van der Waals surface area contributed by atoms with E-state index in [1.54, 1.807) is 48.2 Å². The lowest BCUT2D eigenvalue weighted by Crippen LogP contribution is -2.15. The van der Waals surface area contributed by atoms with Crippen LogP contribution in [-0.4, -0.2) is 40.2 Å². The van der Waals surface area contributed by atoms with Crippen molar-refractivity contribution in [2.24, 2.45) is 0 Å². The first-order valence-corrected chi connectivity index (χ1v) is 9.58. The largest absolute Gasteiger partial charge is 0.497 e. The van der Waals surface area contributed by atoms with E-state index in [9.17, 15) is 9.59 Å². The van der Waals surface area contributed by atoms with Crippen LogP contribution in [0.1, 0.15) is 21.0 Å². The van der Waals surface area contributed by atoms with E-state index in [0.29, 0.717) is 22.8 Å². The van der Waals surface area contributed by atoms with Crippen molar-refractivity contribution in [2.75, 3.05) is 13.7 Å². The molecular formula is C24H19N3O4. The van der Waals surface area contributed by atoms with E-state index >= 15 is 0 Å². The number of aromatic nitrogens is 3. The first-order chi connectivity index (χ1) is 15.2. The van der Waals surface area contributed by atoms with Gasteiger partial charge in [-0.3, -0.25) is 4.79 Å². The van der Waals surface area contributed by atoms with Gasteiger partial charge in [-0.05, 0) is 24.3 Å². The minimum Gasteiger partial charge on any atom is -0.497 e. The van der Waals surface area contributed by atoms with Crippen LogP contribution >= 0.6 is 0 Å². The predicted molar refractivity (Wildman–Crippen MR) is 114 cm³/mol. The second-order valence-electron chi connectivity index (χ2n) is 6.60. The smallest absolute Gasteiger partial charge is 0.378 e. The van der Waals surface area contributed by atoms with Crippen molar-refractivity contribution in [3.8, 4) is 22.8 Å². The second-order valence-corrected chi connectivity index (χ2v) is 6.60. The molecule has 0 aliphatic rings. The fourth-order valence-corrected chi connectivity index (χ4v) is 2.98. The molecule has 3 aromatic carbocycles. The highest BCUT2D eigenvalue weighted by Gasteiger charge is 2.21. The van der Waals surface area contributed by atoms with Crippen LogP contribution in [-0.2, 0) is 4.74 Å². The van der Waals surface area contributed by atoms with E-state index < -0.39 is 5.97 Å². The van der Waals surface area contributed by atoms with E-state index in [1.807, 2.05) is 48.5 Å². The second kappa shape index (κ2) is 9.04. The fraction of sp³-hybridized carbons (Fsp3) is 0.0833. The van der Waals surface area contributed by atoms with E-state index in [1.165, 1.54) is 0 Å². The molecule has 0 amide bonds. The maximum Gasteiger partial charge on any atom is 0.378 e. The maximum atomic E-state index is 12.6. The van der Waals surface area contributed by atoms with Crippen molar-refractivity contribution in [3.05, 3.63) is 96.3 Å². The molecular weight excluding hydrogens is 394 g/mol. The molecule has 0 fully saturated rings. The number of ether oxygens (including phenoxy) is 2. The van der Waals surface area contributed by atoms with Crippen LogP contribution in [0.3, 0.4) is 0 Å². The number of hydrogen-bond donors (Lipinski definition) is 0. The van der Waals surface area contributed by atoms with Crippen molar-refractivity contribution < 1.29 is 19.1 Å². The highest BCUT2D eigenvalue weighted by molar-refractivity contribution is 5.98. The van der Waals surface area contributed by atoms with Gasteiger partial charge < -0.3 is 9.47 Å². The number of ketones is 1. The molecule has 0 saturated heterocycles. The van der Waals surface area contributed by atoms with Crippen molar-refractivity contribution in [2.45, 2.75) is 0 Å². The van der Waals surface area contributed by atoms with Crippen LogP contribution in [0.15, 0.2) is 84.9 Å². The number of nitrogens with zero attached hydrogens (tertiary/aromatic N) is 3. The molecule has 0 aliphatic heterocycles. The lowest BCUT2D eigenvalue weighted by molar-refractivity contribution is 0.0462. The number of benzene rings is 3. The highest BCUT2D eigenvalue weighted by Crippen LogP contribution is 2.23. The Hall–Kier alpha value is -4.26. The molecule has 0 saturated carbocycles. The van der Waals surface area contributed by atoms with Gasteiger partial charge in [0, 0.05) is 11.1 Å². The molecule has 4 aromatic rings. The van der Waals surface area contributed by atoms with Gasteiger partial charge in [0.05, 0.1) is 12.8 Å². The molecule has 0 N–H and O–H groups in total. The summed E-state index contributed by atoms with van der Waals surface area (Å²) in [5.74, 6) is -0.0210. The fourth-order valence-electron chi connectivity index (χ4n) is 2.98. The summed E-state index contributed by atoms with van der Waals surface area (Å²) in [5, 5.41) is 4.34. The molecule has 7 heteroatoms. The Morgan fingerprint density at radius 3 is 2.16 bits per heavy atom. The molecule has 7 nitrogen and oxygen atoms in total. The zero-order chi connectivity index (χ0) is 21.6. The van der Waals surface area contributed by atoms with E-state index in [4.69, 9.17) is 9.47 Å². The van der Waals surface area contributed by atoms with Gasteiger partial charge in [0.15, 0.2) is 18.2 Å². The minimum absolute atomic E-state index is 0.129. The normalized spacial score (nSPS) is 10.5. The van der Waals surface area contributed by atoms with Gasteiger partial charge in [0.2, 0.25) is 0 Å². The lowest BCUT2D eigenvalue weighted by atomic mass is 10.1. The average molecular weight is 413 g/mol. The van der Waals surface area contributed by atoms with E-state index in [0.717, 1.165) is 5.56 Å². The summed E-state index contributed by atoms with van der Waals surface area (Å²) < 4.78 is 11.9. The van der Waals surface area contributed by atoms with Gasteiger partial charge in [0.25, 0.3) is 5.82 Å². The minimum atomic E-state index is -0.770. The number of carbonyl (C=O) groups excluding carboxylic acids is 2. The molecule has 0 spiro atoms. The van der Waals surface area contributed by atoms with Crippen LogP contribution in [0.2, 0.25) is 0 Å². The number of carbonyl (C=O) groups is 2. The van der Waals surface area contributed by atoms with Crippen molar-refractivity contribution in [1.82, 2.24) is 14.8 Å². The summed E-state index contributed by atoms with van der Waals surface area (Å²) in [4.78, 5) is 29.2. The summed E-state index contributed by atoms with van der Waals surface area (Å²) >= 11 is 0. The highest BCUT2D eigenvalue weighted by atomic mass is 16.5. The van der Waals surface area contributed by atoms with Crippen LogP contribution in [0, 0.1) is 0 Å². The topological polar surface area (TPSA) is 83.3 Å². The molecule has 0 radical (unpaired) electrons. The van der Waals surface area contributed by atoms with Crippen LogP contribution in [0.5, 0.6) is 5.75 Å². The zero-order valence-corrected chi connectivity index (χ0v) is 16.8. The predicted octanol–water partition coefficient (Wildman–Crippen LogP) is 3.98. The number of esters is 1. The van der Waals surface area contributed by atoms with Gasteiger partial charge in [-0.25, -0.2) is 14.5 Å². The Kier molecular flexibility index (Phi) is 5.84. The van der Waals surface area contributed by atoms with Gasteiger partial charge in [0.1, 0.15) is 5.75 Å². The summed E-state index contributed by atoms with van der Waals surface area (Å²) in [6, 6.07) is 25.2. The first-order valence-electron chi connectivity index (χ1n) is 9.58. The molecule has 4 rings (SSSR count). The number of hydrogen-bond acceptors (Lipinski definition) is 6. The quantitative estimate of drug-likeness (QED) is 0.337. The Bertz CT molecular complexity index is 1190. The third kappa shape index (κ3) is 4.51. The van der Waals surface area contributed by atoms with Gasteiger partial charge >= 0.3 is 5.97 Å². The summed E-state index contributed by atoms with van der Waals surface area (Å²) in [6.07, 6.45) is 0. The molecule has 1 heterocycles. The van der Waals surface area contributed by atoms with E-state index in [2.05, 4.69) is 10.1 Å². The molecule has 31 heavy (non-hydrogen) atoms. The van der Waals surface area contributed by atoms with Crippen molar-refractivity contribution in [1.29, 1.82) is 0 Å². The van der Waals surface area contributed by atoms with Crippen LogP contribution < -0.4 is 4.74 Å². The SMILES string of the molecule is COc1ccc(-n2nc(C(=O)OCC(=O)c3ccccc3)nc2-c2ccccc2)cc1. The molecule has 0 atom stereocenters. The molecule has 154 valence electrons. The molecule has 0 unspecified atom stereocenters. The number of rotatable bonds is 7. The number of methoxy groups -OCH3 is 1. The number of Topliss-reactive ketones (excluding diaryl/α,β-unsaturated/α-hetero) is 1. The zero-order valence-electron chi connectivity index (χ0n) is 16.8. The van der Waals surface area contributed by atoms with Gasteiger partial charge in [-0.15, -0.1) is 5.10 Å². The Morgan fingerprint density at radius 1 is 0.871 bits per heavy atom. The summed E-state index contributed by atoms with van der Waals surface area (Å²) in [6.45, 7) is -0.388. The van der Waals surface area contributed by atoms with Gasteiger partial charge in [-0.2, -0.15) is 0 Å². The van der Waals surface area contributed by atoms with Crippen molar-refractivity contribution in [3.63, 3.8) is 0 Å². The summed E-state index contributed by atoms with van der Waals surface area (Å²) in [7, 11) is 1.59. The summed E-state index contributed by atoms with van der Waals surface area (Å²) in [5.41, 5.74) is 1.95. The Labute approximate surface area is 178 Å². The monoisotopic (exact) mass is 413 g/mol. The van der Waals surface area contributed by atoms with Crippen molar-refractivity contribution >= 4 is 11.8 Å². The van der Waals surface area contributed by atoms with Crippen LogP contribution in [0.25, 0.3) is 17.1 Å². The molecule has 0 bridgehead atoms. The lowest BCUT2D eigenvalue weighted by Gasteiger charge is -2.06.